The molecule has 158 valence electrons. The predicted octanol–water partition coefficient (Wildman–Crippen LogP) is 3.59. The Labute approximate surface area is 173 Å². The topological polar surface area (TPSA) is 168 Å². The first-order valence-corrected chi connectivity index (χ1v) is 8.78. The molecule has 1 N–H and O–H groups in total. The largest absolute Gasteiger partial charge is 0.461 e. The number of carbonyl (C=O) groups is 2. The van der Waals surface area contributed by atoms with Gasteiger partial charge in [-0.25, -0.2) is 4.79 Å². The van der Waals surface area contributed by atoms with Crippen LogP contribution in [0.4, 0.5) is 17.1 Å². The summed E-state index contributed by atoms with van der Waals surface area (Å²) in [4.78, 5) is 44.7. The van der Waals surface area contributed by atoms with Crippen molar-refractivity contribution in [3.63, 3.8) is 0 Å². The highest BCUT2D eigenvalue weighted by atomic mass is 16.6. The van der Waals surface area contributed by atoms with Gasteiger partial charge in [0.1, 0.15) is 5.56 Å². The fraction of sp³-hybridized carbons (Fsp3) is 0.105. The second-order valence-electron chi connectivity index (χ2n) is 6.04. The first-order valence-electron chi connectivity index (χ1n) is 8.78. The van der Waals surface area contributed by atoms with Crippen molar-refractivity contribution in [1.29, 1.82) is 0 Å². The number of benzene rings is 2. The lowest BCUT2D eigenvalue weighted by Crippen LogP contribution is -2.14. The Bertz CT molecular complexity index is 1170. The zero-order valence-corrected chi connectivity index (χ0v) is 15.9. The molecule has 31 heavy (non-hydrogen) atoms. The van der Waals surface area contributed by atoms with E-state index in [9.17, 15) is 29.8 Å². The first-order chi connectivity index (χ1) is 14.8. The molecule has 0 radical (unpaired) electrons. The quantitative estimate of drug-likeness (QED) is 0.337. The molecule has 3 aromatic rings. The van der Waals surface area contributed by atoms with Gasteiger partial charge in [0.25, 0.3) is 17.3 Å². The van der Waals surface area contributed by atoms with E-state index in [4.69, 9.17) is 9.26 Å². The van der Waals surface area contributed by atoms with Crippen molar-refractivity contribution in [2.24, 2.45) is 0 Å². The zero-order valence-electron chi connectivity index (χ0n) is 15.9. The van der Waals surface area contributed by atoms with Crippen molar-refractivity contribution in [2.75, 3.05) is 11.9 Å². The number of rotatable bonds is 7. The fourth-order valence-corrected chi connectivity index (χ4v) is 2.61. The van der Waals surface area contributed by atoms with Crippen LogP contribution < -0.4 is 5.32 Å². The smallest absolute Gasteiger partial charge is 0.360 e. The van der Waals surface area contributed by atoms with Crippen LogP contribution in [-0.2, 0) is 4.74 Å². The molecule has 0 fully saturated rings. The number of amides is 1. The molecule has 1 heterocycles. The highest BCUT2D eigenvalue weighted by Crippen LogP contribution is 2.26. The number of nitro groups is 2. The van der Waals surface area contributed by atoms with Crippen molar-refractivity contribution >= 4 is 28.9 Å². The molecule has 0 unspecified atom stereocenters. The summed E-state index contributed by atoms with van der Waals surface area (Å²) in [5, 5.41) is 28.2. The van der Waals surface area contributed by atoms with Crippen LogP contribution in [0.1, 0.15) is 27.8 Å². The Kier molecular flexibility index (Phi) is 6.00. The minimum atomic E-state index is -0.882. The van der Waals surface area contributed by atoms with Crippen LogP contribution in [0.5, 0.6) is 0 Å². The van der Waals surface area contributed by atoms with Gasteiger partial charge in [-0.3, -0.25) is 25.0 Å². The van der Waals surface area contributed by atoms with Gasteiger partial charge in [0.2, 0.25) is 0 Å². The fourth-order valence-electron chi connectivity index (χ4n) is 2.61. The molecule has 1 amide bonds. The minimum Gasteiger partial charge on any atom is -0.461 e. The number of aromatic nitrogens is 1. The third-order valence-corrected chi connectivity index (χ3v) is 4.05. The minimum absolute atomic E-state index is 0.00668. The van der Waals surface area contributed by atoms with Crippen molar-refractivity contribution in [1.82, 2.24) is 5.16 Å². The van der Waals surface area contributed by atoms with Crippen LogP contribution in [0.15, 0.2) is 53.1 Å². The van der Waals surface area contributed by atoms with Crippen LogP contribution >= 0.6 is 0 Å². The molecule has 0 aliphatic rings. The van der Waals surface area contributed by atoms with Crippen molar-refractivity contribution in [3.8, 4) is 11.3 Å². The molecule has 0 spiro atoms. The molecule has 0 aliphatic carbocycles. The number of ether oxygens (including phenoxy) is 1. The molecule has 2 aromatic carbocycles. The summed E-state index contributed by atoms with van der Waals surface area (Å²) in [6, 6.07) is 10.2. The van der Waals surface area contributed by atoms with Crippen LogP contribution in [0.2, 0.25) is 0 Å². The molecule has 0 bridgehead atoms. The van der Waals surface area contributed by atoms with E-state index in [1.807, 2.05) is 0 Å². The lowest BCUT2D eigenvalue weighted by atomic mass is 10.1. The standard InChI is InChI=1S/C19H14N4O8/c1-2-30-19(25)15-10-17(31-21-15)11-3-5-12(6-4-11)20-18(24)14-9-13(22(26)27)7-8-16(14)23(28)29/h3-10H,2H2,1H3,(H,20,24). The van der Waals surface area contributed by atoms with Crippen molar-refractivity contribution in [2.45, 2.75) is 6.92 Å². The van der Waals surface area contributed by atoms with Crippen LogP contribution in [0.25, 0.3) is 11.3 Å². The molecule has 12 heteroatoms. The SMILES string of the molecule is CCOC(=O)c1cc(-c2ccc(NC(=O)c3cc([N+](=O)[O-])ccc3[N+](=O)[O-])cc2)on1. The summed E-state index contributed by atoms with van der Waals surface area (Å²) in [5.41, 5.74) is -0.631. The summed E-state index contributed by atoms with van der Waals surface area (Å²) >= 11 is 0. The van der Waals surface area contributed by atoms with E-state index in [1.165, 1.54) is 18.2 Å². The van der Waals surface area contributed by atoms with E-state index in [-0.39, 0.29) is 23.7 Å². The summed E-state index contributed by atoms with van der Waals surface area (Å²) in [6.07, 6.45) is 0. The Balaban J connectivity index is 1.79. The predicted molar refractivity (Wildman–Crippen MR) is 106 cm³/mol. The number of hydrogen-bond donors (Lipinski definition) is 1. The third kappa shape index (κ3) is 4.70. The van der Waals surface area contributed by atoms with Crippen LogP contribution in [0.3, 0.4) is 0 Å². The highest BCUT2D eigenvalue weighted by molar-refractivity contribution is 6.07. The molecule has 3 rings (SSSR count). The van der Waals surface area contributed by atoms with Gasteiger partial charge in [-0.2, -0.15) is 0 Å². The summed E-state index contributed by atoms with van der Waals surface area (Å²) in [5.74, 6) is -1.22. The Morgan fingerprint density at radius 1 is 1.06 bits per heavy atom. The number of hydrogen-bond acceptors (Lipinski definition) is 9. The number of nitro benzene ring substituents is 2. The first kappa shape index (κ1) is 21.1. The van der Waals surface area contributed by atoms with Gasteiger partial charge in [0.15, 0.2) is 11.5 Å². The Morgan fingerprint density at radius 2 is 1.77 bits per heavy atom. The van der Waals surface area contributed by atoms with Gasteiger partial charge in [-0.05, 0) is 31.2 Å². The van der Waals surface area contributed by atoms with Crippen LogP contribution in [0, 0.1) is 20.2 Å². The highest BCUT2D eigenvalue weighted by Gasteiger charge is 2.24. The lowest BCUT2D eigenvalue weighted by molar-refractivity contribution is -0.389. The molecule has 12 nitrogen and oxygen atoms in total. The number of nitrogens with zero attached hydrogens (tertiary/aromatic N) is 3. The molecule has 1 aromatic heterocycles. The Hall–Kier alpha value is -4.61. The second kappa shape index (κ2) is 8.82. The zero-order chi connectivity index (χ0) is 22.5. The van der Waals surface area contributed by atoms with E-state index in [2.05, 4.69) is 10.5 Å². The molecule has 0 saturated carbocycles. The normalized spacial score (nSPS) is 10.4. The maximum Gasteiger partial charge on any atom is 0.360 e. The molecule has 0 saturated heterocycles. The maximum atomic E-state index is 12.5. The average molecular weight is 426 g/mol. The summed E-state index contributed by atoms with van der Waals surface area (Å²) in [6.45, 7) is 1.85. The van der Waals surface area contributed by atoms with Gasteiger partial charge < -0.3 is 14.6 Å². The second-order valence-corrected chi connectivity index (χ2v) is 6.04. The molecule has 0 aliphatic heterocycles. The van der Waals surface area contributed by atoms with Gasteiger partial charge in [0, 0.05) is 35.5 Å². The van der Waals surface area contributed by atoms with E-state index >= 15 is 0 Å². The number of esters is 1. The van der Waals surface area contributed by atoms with Gasteiger partial charge in [0.05, 0.1) is 16.5 Å². The summed E-state index contributed by atoms with van der Waals surface area (Å²) in [7, 11) is 0. The molecule has 0 atom stereocenters. The monoisotopic (exact) mass is 426 g/mol. The van der Waals surface area contributed by atoms with E-state index in [0.717, 1.165) is 18.2 Å². The van der Waals surface area contributed by atoms with Crippen molar-refractivity contribution < 1.29 is 28.7 Å². The third-order valence-electron chi connectivity index (χ3n) is 4.05. The van der Waals surface area contributed by atoms with E-state index < -0.39 is 38.7 Å². The van der Waals surface area contributed by atoms with E-state index in [1.54, 1.807) is 19.1 Å². The average Bonchev–Trinajstić information content (AvgIpc) is 3.24. The molecular formula is C19H14N4O8. The van der Waals surface area contributed by atoms with Crippen LogP contribution in [-0.4, -0.2) is 33.5 Å². The molecular weight excluding hydrogens is 412 g/mol. The van der Waals surface area contributed by atoms with Crippen molar-refractivity contribution in [3.05, 3.63) is 80.0 Å². The Morgan fingerprint density at radius 3 is 2.39 bits per heavy atom. The number of non-ortho nitro benzene ring substituents is 1. The number of carbonyl (C=O) groups excluding carboxylic acids is 2. The van der Waals surface area contributed by atoms with Gasteiger partial charge in [-0.1, -0.05) is 5.16 Å². The summed E-state index contributed by atoms with van der Waals surface area (Å²) < 4.78 is 9.94. The number of nitrogens with one attached hydrogen (secondary N) is 1. The number of anilines is 1. The lowest BCUT2D eigenvalue weighted by Gasteiger charge is -2.06. The maximum absolute atomic E-state index is 12.5. The van der Waals surface area contributed by atoms with Gasteiger partial charge >= 0.3 is 5.97 Å². The van der Waals surface area contributed by atoms with E-state index in [0.29, 0.717) is 5.56 Å². The van der Waals surface area contributed by atoms with Gasteiger partial charge in [-0.15, -0.1) is 0 Å².